The lowest BCUT2D eigenvalue weighted by molar-refractivity contribution is 0.146. The molecule has 0 aliphatic rings. The van der Waals surface area contributed by atoms with E-state index in [0.717, 1.165) is 9.86 Å². The van der Waals surface area contributed by atoms with Crippen molar-refractivity contribution < 1.29 is 8.78 Å². The lowest BCUT2D eigenvalue weighted by atomic mass is 10.1. The summed E-state index contributed by atoms with van der Waals surface area (Å²) in [7, 11) is 1.70. The van der Waals surface area contributed by atoms with Crippen LogP contribution in [0.25, 0.3) is 10.9 Å². The topological polar surface area (TPSA) is 24.9 Å². The molecule has 1 aromatic heterocycles. The van der Waals surface area contributed by atoms with E-state index in [2.05, 4.69) is 26.2 Å². The van der Waals surface area contributed by atoms with Crippen LogP contribution < -0.4 is 5.32 Å². The molecular formula is C11H9BrF2N2. The minimum absolute atomic E-state index is 0.209. The van der Waals surface area contributed by atoms with Crippen LogP contribution in [0.1, 0.15) is 12.1 Å². The van der Waals surface area contributed by atoms with E-state index in [0.29, 0.717) is 11.2 Å². The Morgan fingerprint density at radius 2 is 2.06 bits per heavy atom. The molecular weight excluding hydrogens is 278 g/mol. The summed E-state index contributed by atoms with van der Waals surface area (Å²) in [6.45, 7) is 0. The van der Waals surface area contributed by atoms with Crippen molar-refractivity contribution in [3.05, 3.63) is 34.4 Å². The highest BCUT2D eigenvalue weighted by atomic mass is 79.9. The van der Waals surface area contributed by atoms with Gasteiger partial charge in [0.1, 0.15) is 5.69 Å². The molecule has 5 heteroatoms. The molecule has 16 heavy (non-hydrogen) atoms. The van der Waals surface area contributed by atoms with Crippen LogP contribution in [0.4, 0.5) is 14.5 Å². The van der Waals surface area contributed by atoms with Crippen LogP contribution >= 0.6 is 15.9 Å². The average Bonchev–Trinajstić information content (AvgIpc) is 2.27. The van der Waals surface area contributed by atoms with Gasteiger partial charge in [0.05, 0.1) is 5.52 Å². The maximum absolute atomic E-state index is 12.6. The maximum atomic E-state index is 12.6. The van der Waals surface area contributed by atoms with Gasteiger partial charge in [0.2, 0.25) is 0 Å². The molecule has 0 radical (unpaired) electrons. The van der Waals surface area contributed by atoms with Gasteiger partial charge in [-0.25, -0.2) is 13.8 Å². The Morgan fingerprint density at radius 3 is 2.69 bits per heavy atom. The van der Waals surface area contributed by atoms with Gasteiger partial charge in [-0.1, -0.05) is 15.9 Å². The van der Waals surface area contributed by atoms with E-state index < -0.39 is 6.43 Å². The molecule has 0 saturated carbocycles. The summed E-state index contributed by atoms with van der Waals surface area (Å²) in [5.74, 6) is 0. The van der Waals surface area contributed by atoms with Gasteiger partial charge in [0.15, 0.2) is 0 Å². The smallest absolute Gasteiger partial charge is 0.280 e. The number of nitrogens with one attached hydrogen (secondary N) is 1. The Morgan fingerprint density at radius 1 is 1.31 bits per heavy atom. The van der Waals surface area contributed by atoms with E-state index in [1.54, 1.807) is 19.2 Å². The Bertz CT molecular complexity index is 529. The van der Waals surface area contributed by atoms with Gasteiger partial charge in [-0.2, -0.15) is 0 Å². The van der Waals surface area contributed by atoms with Gasteiger partial charge in [-0.05, 0) is 24.3 Å². The number of rotatable bonds is 2. The number of halogens is 3. The van der Waals surface area contributed by atoms with Crippen LogP contribution in [0, 0.1) is 0 Å². The third-order valence-electron chi connectivity index (χ3n) is 2.28. The highest BCUT2D eigenvalue weighted by molar-refractivity contribution is 9.10. The minimum atomic E-state index is -2.56. The summed E-state index contributed by atoms with van der Waals surface area (Å²) in [6, 6.07) is 6.72. The number of nitrogens with zero attached hydrogens (tertiary/aromatic N) is 1. The highest BCUT2D eigenvalue weighted by Gasteiger charge is 2.12. The summed E-state index contributed by atoms with van der Waals surface area (Å²) in [5, 5.41) is 3.72. The Labute approximate surface area is 99.8 Å². The summed E-state index contributed by atoms with van der Waals surface area (Å²) in [5.41, 5.74) is 1.01. The fraction of sp³-hybridized carbons (Fsp3) is 0.182. The largest absolute Gasteiger partial charge is 0.388 e. The zero-order valence-corrected chi connectivity index (χ0v) is 10.1. The number of hydrogen-bond donors (Lipinski definition) is 1. The van der Waals surface area contributed by atoms with E-state index in [-0.39, 0.29) is 5.69 Å². The first-order valence-electron chi connectivity index (χ1n) is 4.68. The standard InChI is InChI=1S/C11H9BrF2N2/c1-15-9-5-10(11(13)14)16-8-3-2-6(12)4-7(8)9/h2-5,11H,1H3,(H,15,16). The van der Waals surface area contributed by atoms with Crippen molar-refractivity contribution in [1.29, 1.82) is 0 Å². The number of hydrogen-bond acceptors (Lipinski definition) is 2. The number of pyridine rings is 1. The molecule has 2 aromatic rings. The molecule has 0 aliphatic carbocycles. The molecule has 2 nitrogen and oxygen atoms in total. The number of fused-ring (bicyclic) bond motifs is 1. The number of aromatic nitrogens is 1. The van der Waals surface area contributed by atoms with Gasteiger partial charge < -0.3 is 5.32 Å². The molecule has 0 fully saturated rings. The van der Waals surface area contributed by atoms with Crippen molar-refractivity contribution in [2.75, 3.05) is 12.4 Å². The van der Waals surface area contributed by atoms with Crippen molar-refractivity contribution in [2.45, 2.75) is 6.43 Å². The molecule has 1 heterocycles. The first kappa shape index (κ1) is 11.3. The van der Waals surface area contributed by atoms with E-state index in [4.69, 9.17) is 0 Å². The molecule has 0 saturated heterocycles. The first-order chi connectivity index (χ1) is 7.61. The Kier molecular flexibility index (Phi) is 3.05. The van der Waals surface area contributed by atoms with Crippen LogP contribution in [0.3, 0.4) is 0 Å². The number of benzene rings is 1. The van der Waals surface area contributed by atoms with Gasteiger partial charge >= 0.3 is 0 Å². The quantitative estimate of drug-likeness (QED) is 0.903. The fourth-order valence-corrected chi connectivity index (χ4v) is 1.90. The van der Waals surface area contributed by atoms with Gasteiger partial charge in [-0.3, -0.25) is 0 Å². The van der Waals surface area contributed by atoms with E-state index >= 15 is 0 Å². The summed E-state index contributed by atoms with van der Waals surface area (Å²) in [4.78, 5) is 3.91. The van der Waals surface area contributed by atoms with E-state index in [1.165, 1.54) is 6.07 Å². The van der Waals surface area contributed by atoms with Gasteiger partial charge in [-0.15, -0.1) is 0 Å². The molecule has 1 aromatic carbocycles. The van der Waals surface area contributed by atoms with Crippen LogP contribution in [-0.4, -0.2) is 12.0 Å². The molecule has 0 aliphatic heterocycles. The zero-order valence-electron chi connectivity index (χ0n) is 8.47. The first-order valence-corrected chi connectivity index (χ1v) is 5.47. The molecule has 0 unspecified atom stereocenters. The van der Waals surface area contributed by atoms with Crippen LogP contribution in [0.15, 0.2) is 28.7 Å². The minimum Gasteiger partial charge on any atom is -0.388 e. The fourth-order valence-electron chi connectivity index (χ4n) is 1.54. The van der Waals surface area contributed by atoms with Crippen LogP contribution in [-0.2, 0) is 0 Å². The van der Waals surface area contributed by atoms with Crippen molar-refractivity contribution >= 4 is 32.5 Å². The van der Waals surface area contributed by atoms with Crippen molar-refractivity contribution in [1.82, 2.24) is 4.98 Å². The van der Waals surface area contributed by atoms with Crippen molar-refractivity contribution in [2.24, 2.45) is 0 Å². The third kappa shape index (κ3) is 2.00. The molecule has 1 N–H and O–H groups in total. The van der Waals surface area contributed by atoms with Gasteiger partial charge in [0.25, 0.3) is 6.43 Å². The zero-order chi connectivity index (χ0) is 11.7. The van der Waals surface area contributed by atoms with Gasteiger partial charge in [0, 0.05) is 22.6 Å². The predicted octanol–water partition coefficient (Wildman–Crippen LogP) is 3.98. The SMILES string of the molecule is CNc1cc(C(F)F)nc2ccc(Br)cc12. The van der Waals surface area contributed by atoms with Crippen molar-refractivity contribution in [3.8, 4) is 0 Å². The molecule has 0 bridgehead atoms. The normalized spacial score (nSPS) is 11.1. The monoisotopic (exact) mass is 286 g/mol. The van der Waals surface area contributed by atoms with E-state index in [9.17, 15) is 8.78 Å². The summed E-state index contributed by atoms with van der Waals surface area (Å²) in [6.07, 6.45) is -2.56. The van der Waals surface area contributed by atoms with Crippen molar-refractivity contribution in [3.63, 3.8) is 0 Å². The van der Waals surface area contributed by atoms with Crippen LogP contribution in [0.5, 0.6) is 0 Å². The van der Waals surface area contributed by atoms with E-state index in [1.807, 2.05) is 6.07 Å². The lowest BCUT2D eigenvalue weighted by Crippen LogP contribution is -1.96. The Balaban J connectivity index is 2.73. The summed E-state index contributed by atoms with van der Waals surface area (Å²) < 4.78 is 26.1. The second kappa shape index (κ2) is 4.33. The molecule has 2 rings (SSSR count). The number of alkyl halides is 2. The van der Waals surface area contributed by atoms with Crippen LogP contribution in [0.2, 0.25) is 0 Å². The average molecular weight is 287 g/mol. The third-order valence-corrected chi connectivity index (χ3v) is 2.78. The molecule has 0 spiro atoms. The molecule has 0 atom stereocenters. The number of anilines is 1. The Hall–Kier alpha value is -1.23. The molecule has 84 valence electrons. The highest BCUT2D eigenvalue weighted by Crippen LogP contribution is 2.29. The predicted molar refractivity (Wildman–Crippen MR) is 63.9 cm³/mol. The lowest BCUT2D eigenvalue weighted by Gasteiger charge is -2.08. The molecule has 0 amide bonds. The maximum Gasteiger partial charge on any atom is 0.280 e. The second-order valence-corrected chi connectivity index (χ2v) is 4.22. The summed E-state index contributed by atoms with van der Waals surface area (Å²) >= 11 is 3.34. The second-order valence-electron chi connectivity index (χ2n) is 3.31.